The van der Waals surface area contributed by atoms with Crippen LogP contribution >= 0.6 is 12.6 Å². The van der Waals surface area contributed by atoms with Gasteiger partial charge in [0, 0.05) is 4.90 Å². The Morgan fingerprint density at radius 2 is 1.47 bits per heavy atom. The predicted molar refractivity (Wildman–Crippen MR) is 73.0 cm³/mol. The molecular formula is C14H10O4S. The monoisotopic (exact) mass is 274 g/mol. The van der Waals surface area contributed by atoms with Gasteiger partial charge in [0.05, 0.1) is 11.1 Å². The summed E-state index contributed by atoms with van der Waals surface area (Å²) < 4.78 is 0. The molecule has 0 spiro atoms. The fraction of sp³-hybridized carbons (Fsp3) is 0. The van der Waals surface area contributed by atoms with Crippen molar-refractivity contribution in [2.75, 3.05) is 0 Å². The summed E-state index contributed by atoms with van der Waals surface area (Å²) in [5.41, 5.74) is 0.474. The first-order valence-corrected chi connectivity index (χ1v) is 5.85. The molecule has 2 aromatic rings. The molecule has 0 aromatic heterocycles. The smallest absolute Gasteiger partial charge is 0.337 e. The Hall–Kier alpha value is -2.27. The van der Waals surface area contributed by atoms with Gasteiger partial charge in [-0.25, -0.2) is 9.59 Å². The highest BCUT2D eigenvalue weighted by Crippen LogP contribution is 2.31. The van der Waals surface area contributed by atoms with Crippen molar-refractivity contribution in [2.45, 2.75) is 4.90 Å². The van der Waals surface area contributed by atoms with Crippen molar-refractivity contribution in [1.82, 2.24) is 0 Å². The van der Waals surface area contributed by atoms with Crippen LogP contribution in [0.3, 0.4) is 0 Å². The van der Waals surface area contributed by atoms with Crippen molar-refractivity contribution >= 4 is 24.6 Å². The molecule has 0 saturated carbocycles. The van der Waals surface area contributed by atoms with Crippen LogP contribution in [0.15, 0.2) is 47.4 Å². The molecule has 0 aliphatic carbocycles. The van der Waals surface area contributed by atoms with Gasteiger partial charge in [-0.2, -0.15) is 0 Å². The van der Waals surface area contributed by atoms with Gasteiger partial charge in [-0.3, -0.25) is 0 Å². The molecule has 0 aliphatic heterocycles. The van der Waals surface area contributed by atoms with E-state index in [0.29, 0.717) is 16.0 Å². The minimum Gasteiger partial charge on any atom is -0.478 e. The Kier molecular flexibility index (Phi) is 3.57. The Morgan fingerprint density at radius 1 is 0.842 bits per heavy atom. The highest BCUT2D eigenvalue weighted by molar-refractivity contribution is 7.80. The highest BCUT2D eigenvalue weighted by atomic mass is 32.1. The maximum atomic E-state index is 11.3. The Bertz CT molecular complexity index is 664. The molecule has 2 N–H and O–H groups in total. The van der Waals surface area contributed by atoms with Crippen LogP contribution in [0.2, 0.25) is 0 Å². The van der Waals surface area contributed by atoms with E-state index in [9.17, 15) is 14.7 Å². The van der Waals surface area contributed by atoms with E-state index in [1.54, 1.807) is 30.3 Å². The SMILES string of the molecule is O=C(O)c1cccc(-c2ccccc2S)c1C(=O)O. The number of benzene rings is 2. The number of carboxylic acid groups (broad SMARTS) is 2. The summed E-state index contributed by atoms with van der Waals surface area (Å²) in [5.74, 6) is -2.54. The fourth-order valence-corrected chi connectivity index (χ4v) is 2.17. The third kappa shape index (κ3) is 2.46. The zero-order valence-electron chi connectivity index (χ0n) is 9.70. The summed E-state index contributed by atoms with van der Waals surface area (Å²) >= 11 is 4.27. The lowest BCUT2D eigenvalue weighted by molar-refractivity contribution is 0.0652. The first-order chi connectivity index (χ1) is 9.02. The van der Waals surface area contributed by atoms with Crippen molar-refractivity contribution in [3.8, 4) is 11.1 Å². The van der Waals surface area contributed by atoms with Gasteiger partial charge in [-0.05, 0) is 23.3 Å². The molecule has 2 aromatic carbocycles. The van der Waals surface area contributed by atoms with Crippen LogP contribution in [0.4, 0.5) is 0 Å². The van der Waals surface area contributed by atoms with E-state index < -0.39 is 11.9 Å². The van der Waals surface area contributed by atoms with E-state index >= 15 is 0 Å². The summed E-state index contributed by atoms with van der Waals surface area (Å²) in [4.78, 5) is 23.0. The van der Waals surface area contributed by atoms with E-state index in [2.05, 4.69) is 12.6 Å². The number of thiol groups is 1. The topological polar surface area (TPSA) is 74.6 Å². The molecule has 0 bridgehead atoms. The van der Waals surface area contributed by atoms with Gasteiger partial charge in [0.1, 0.15) is 0 Å². The van der Waals surface area contributed by atoms with Gasteiger partial charge in [-0.1, -0.05) is 30.3 Å². The molecule has 0 saturated heterocycles. The van der Waals surface area contributed by atoms with Crippen LogP contribution in [0.5, 0.6) is 0 Å². The van der Waals surface area contributed by atoms with Crippen molar-refractivity contribution in [1.29, 1.82) is 0 Å². The Balaban J connectivity index is 2.78. The third-order valence-corrected chi connectivity index (χ3v) is 3.09. The van der Waals surface area contributed by atoms with Crippen LogP contribution < -0.4 is 0 Å². The van der Waals surface area contributed by atoms with Crippen molar-refractivity contribution in [2.24, 2.45) is 0 Å². The van der Waals surface area contributed by atoms with Crippen LogP contribution in [-0.2, 0) is 0 Å². The second-order valence-corrected chi connectivity index (χ2v) is 4.34. The first kappa shape index (κ1) is 13.2. The van der Waals surface area contributed by atoms with Crippen molar-refractivity contribution < 1.29 is 19.8 Å². The van der Waals surface area contributed by atoms with Crippen LogP contribution in [-0.4, -0.2) is 22.2 Å². The number of carbonyl (C=O) groups is 2. The number of carboxylic acids is 2. The number of rotatable bonds is 3. The fourth-order valence-electron chi connectivity index (χ4n) is 1.89. The summed E-state index contributed by atoms with van der Waals surface area (Å²) in [7, 11) is 0. The molecule has 19 heavy (non-hydrogen) atoms. The predicted octanol–water partition coefficient (Wildman–Crippen LogP) is 3.04. The minimum atomic E-state index is -1.27. The van der Waals surface area contributed by atoms with Gasteiger partial charge in [0.15, 0.2) is 0 Å². The lowest BCUT2D eigenvalue weighted by Crippen LogP contribution is -2.09. The average Bonchev–Trinajstić information content (AvgIpc) is 2.38. The highest BCUT2D eigenvalue weighted by Gasteiger charge is 2.21. The molecule has 5 heteroatoms. The maximum Gasteiger partial charge on any atom is 0.337 e. The zero-order chi connectivity index (χ0) is 14.0. The molecule has 0 fully saturated rings. The van der Waals surface area contributed by atoms with E-state index in [0.717, 1.165) is 0 Å². The van der Waals surface area contributed by atoms with Crippen LogP contribution in [0.25, 0.3) is 11.1 Å². The number of hydrogen-bond acceptors (Lipinski definition) is 3. The molecule has 0 radical (unpaired) electrons. The summed E-state index contributed by atoms with van der Waals surface area (Å²) in [6.45, 7) is 0. The van der Waals surface area contributed by atoms with Crippen LogP contribution in [0.1, 0.15) is 20.7 Å². The van der Waals surface area contributed by atoms with Crippen LogP contribution in [0, 0.1) is 0 Å². The first-order valence-electron chi connectivity index (χ1n) is 5.40. The summed E-state index contributed by atoms with van der Waals surface area (Å²) in [5, 5.41) is 18.3. The van der Waals surface area contributed by atoms with Gasteiger partial charge >= 0.3 is 11.9 Å². The number of aromatic carboxylic acids is 2. The molecule has 4 nitrogen and oxygen atoms in total. The third-order valence-electron chi connectivity index (χ3n) is 2.70. The molecular weight excluding hydrogens is 264 g/mol. The molecule has 0 atom stereocenters. The van der Waals surface area contributed by atoms with E-state index in [1.165, 1.54) is 12.1 Å². The normalized spacial score (nSPS) is 10.2. The molecule has 0 heterocycles. The second kappa shape index (κ2) is 5.16. The van der Waals surface area contributed by atoms with Crippen molar-refractivity contribution in [3.63, 3.8) is 0 Å². The molecule has 0 amide bonds. The summed E-state index contributed by atoms with van der Waals surface area (Å²) in [6.07, 6.45) is 0. The standard InChI is InChI=1S/C14H10O4S/c15-13(16)10-6-3-5-9(12(10)14(17)18)8-4-1-2-7-11(8)19/h1-7,19H,(H,15,16)(H,17,18). The van der Waals surface area contributed by atoms with E-state index in [1.807, 2.05) is 0 Å². The van der Waals surface area contributed by atoms with E-state index in [-0.39, 0.29) is 11.1 Å². The Labute approximate surface area is 114 Å². The molecule has 2 rings (SSSR count). The van der Waals surface area contributed by atoms with Gasteiger partial charge in [0.25, 0.3) is 0 Å². The number of hydrogen-bond donors (Lipinski definition) is 3. The van der Waals surface area contributed by atoms with Crippen molar-refractivity contribution in [3.05, 3.63) is 53.6 Å². The molecule has 0 aliphatic rings. The lowest BCUT2D eigenvalue weighted by atomic mass is 9.95. The zero-order valence-corrected chi connectivity index (χ0v) is 10.6. The quantitative estimate of drug-likeness (QED) is 0.752. The lowest BCUT2D eigenvalue weighted by Gasteiger charge is -2.11. The molecule has 96 valence electrons. The van der Waals surface area contributed by atoms with Gasteiger partial charge in [0.2, 0.25) is 0 Å². The average molecular weight is 274 g/mol. The minimum absolute atomic E-state index is 0.225. The van der Waals surface area contributed by atoms with Gasteiger partial charge in [-0.15, -0.1) is 12.6 Å². The van der Waals surface area contributed by atoms with Gasteiger partial charge < -0.3 is 10.2 Å². The molecule has 0 unspecified atom stereocenters. The summed E-state index contributed by atoms with van der Waals surface area (Å²) in [6, 6.07) is 11.3. The van der Waals surface area contributed by atoms with E-state index in [4.69, 9.17) is 5.11 Å². The second-order valence-electron chi connectivity index (χ2n) is 3.86. The maximum absolute atomic E-state index is 11.3. The Morgan fingerprint density at radius 3 is 2.05 bits per heavy atom. The largest absolute Gasteiger partial charge is 0.478 e.